The zero-order valence-electron chi connectivity index (χ0n) is 8.17. The van der Waals surface area contributed by atoms with Gasteiger partial charge in [0.05, 0.1) is 5.69 Å². The zero-order valence-corrected chi connectivity index (χ0v) is 8.17. The molecule has 76 valence electrons. The molecule has 1 aromatic carbocycles. The number of benzene rings is 1. The lowest BCUT2D eigenvalue weighted by Crippen LogP contribution is -1.89. The lowest BCUT2D eigenvalue weighted by Gasteiger charge is -2.04. The molecule has 0 fully saturated rings. The molecule has 1 heterocycles. The Morgan fingerprint density at radius 1 is 1.00 bits per heavy atom. The van der Waals surface area contributed by atoms with E-state index in [0.717, 1.165) is 11.1 Å². The number of halogens is 2. The Labute approximate surface area is 86.4 Å². The third-order valence-corrected chi connectivity index (χ3v) is 2.19. The summed E-state index contributed by atoms with van der Waals surface area (Å²) in [6, 6.07) is 6.96. The van der Waals surface area contributed by atoms with Crippen LogP contribution in [0.15, 0.2) is 36.5 Å². The Balaban J connectivity index is 2.54. The molecule has 3 heteroatoms. The van der Waals surface area contributed by atoms with Gasteiger partial charge in [-0.05, 0) is 36.8 Å². The summed E-state index contributed by atoms with van der Waals surface area (Å²) in [7, 11) is 0. The summed E-state index contributed by atoms with van der Waals surface area (Å²) in [5.74, 6) is -0.642. The third kappa shape index (κ3) is 2.01. The van der Waals surface area contributed by atoms with Crippen molar-refractivity contribution in [2.24, 2.45) is 0 Å². The van der Waals surface area contributed by atoms with Crippen LogP contribution in [0.5, 0.6) is 0 Å². The van der Waals surface area contributed by atoms with Crippen LogP contribution in [0.25, 0.3) is 11.3 Å². The van der Waals surface area contributed by atoms with E-state index in [1.807, 2.05) is 0 Å². The number of pyridine rings is 1. The summed E-state index contributed by atoms with van der Waals surface area (Å²) in [4.78, 5) is 4.04. The lowest BCUT2D eigenvalue weighted by molar-refractivity contribution is 0.625. The van der Waals surface area contributed by atoms with Crippen LogP contribution in [-0.4, -0.2) is 4.98 Å². The van der Waals surface area contributed by atoms with Crippen molar-refractivity contribution in [2.45, 2.75) is 6.92 Å². The van der Waals surface area contributed by atoms with Gasteiger partial charge in [0, 0.05) is 17.8 Å². The number of rotatable bonds is 1. The number of aryl methyl sites for hydroxylation is 1. The predicted molar refractivity (Wildman–Crippen MR) is 54.3 cm³/mol. The Hall–Kier alpha value is -1.77. The molecule has 0 aliphatic carbocycles. The standard InChI is InChI=1S/C12H9F2N/c1-8-6-9(13)2-3-11(8)12-7-10(14)4-5-15-12/h2-7H,1H3. The average molecular weight is 205 g/mol. The fraction of sp³-hybridized carbons (Fsp3) is 0.0833. The molecule has 0 spiro atoms. The van der Waals surface area contributed by atoms with Gasteiger partial charge in [0.2, 0.25) is 0 Å². The molecule has 0 saturated carbocycles. The van der Waals surface area contributed by atoms with Gasteiger partial charge < -0.3 is 0 Å². The van der Waals surface area contributed by atoms with Gasteiger partial charge in [0.25, 0.3) is 0 Å². The van der Waals surface area contributed by atoms with Crippen LogP contribution in [-0.2, 0) is 0 Å². The maximum atomic E-state index is 12.9. The second kappa shape index (κ2) is 3.77. The van der Waals surface area contributed by atoms with Crippen molar-refractivity contribution >= 4 is 0 Å². The number of aromatic nitrogens is 1. The van der Waals surface area contributed by atoms with E-state index >= 15 is 0 Å². The lowest BCUT2D eigenvalue weighted by atomic mass is 10.1. The molecule has 1 nitrogen and oxygen atoms in total. The van der Waals surface area contributed by atoms with Crippen molar-refractivity contribution in [3.8, 4) is 11.3 Å². The fourth-order valence-electron chi connectivity index (χ4n) is 1.47. The molecule has 0 saturated heterocycles. The largest absolute Gasteiger partial charge is 0.256 e. The molecular formula is C12H9F2N. The first-order valence-electron chi connectivity index (χ1n) is 4.55. The second-order valence-corrected chi connectivity index (χ2v) is 3.32. The van der Waals surface area contributed by atoms with E-state index in [4.69, 9.17) is 0 Å². The van der Waals surface area contributed by atoms with E-state index in [0.29, 0.717) is 5.69 Å². The quantitative estimate of drug-likeness (QED) is 0.695. The Morgan fingerprint density at radius 3 is 2.40 bits per heavy atom. The van der Waals surface area contributed by atoms with Crippen LogP contribution >= 0.6 is 0 Å². The summed E-state index contributed by atoms with van der Waals surface area (Å²) in [6.45, 7) is 1.77. The van der Waals surface area contributed by atoms with E-state index in [9.17, 15) is 8.78 Å². The maximum Gasteiger partial charge on any atom is 0.126 e. The Bertz CT molecular complexity index is 495. The van der Waals surface area contributed by atoms with Gasteiger partial charge in [-0.25, -0.2) is 8.78 Å². The van der Waals surface area contributed by atoms with Gasteiger partial charge in [-0.3, -0.25) is 4.98 Å². The molecule has 1 aromatic heterocycles. The van der Waals surface area contributed by atoms with Gasteiger partial charge in [0.1, 0.15) is 11.6 Å². The van der Waals surface area contributed by atoms with Gasteiger partial charge in [-0.2, -0.15) is 0 Å². The van der Waals surface area contributed by atoms with Gasteiger partial charge >= 0.3 is 0 Å². The molecule has 0 unspecified atom stereocenters. The summed E-state index contributed by atoms with van der Waals surface area (Å²) in [5.41, 5.74) is 2.01. The van der Waals surface area contributed by atoms with Gasteiger partial charge in [0.15, 0.2) is 0 Å². The third-order valence-electron chi connectivity index (χ3n) is 2.19. The number of hydrogen-bond donors (Lipinski definition) is 0. The highest BCUT2D eigenvalue weighted by molar-refractivity contribution is 5.63. The van der Waals surface area contributed by atoms with Crippen LogP contribution in [0.1, 0.15) is 5.56 Å². The van der Waals surface area contributed by atoms with E-state index in [-0.39, 0.29) is 11.6 Å². The van der Waals surface area contributed by atoms with Crippen molar-refractivity contribution in [3.05, 3.63) is 53.7 Å². The molecule has 2 aromatic rings. The highest BCUT2D eigenvalue weighted by Crippen LogP contribution is 2.22. The number of hydrogen-bond acceptors (Lipinski definition) is 1. The molecule has 0 amide bonds. The molecule has 0 N–H and O–H groups in total. The van der Waals surface area contributed by atoms with Crippen LogP contribution < -0.4 is 0 Å². The summed E-state index contributed by atoms with van der Waals surface area (Å²) >= 11 is 0. The highest BCUT2D eigenvalue weighted by Gasteiger charge is 2.04. The summed E-state index contributed by atoms with van der Waals surface area (Å²) < 4.78 is 25.8. The minimum Gasteiger partial charge on any atom is -0.256 e. The maximum absolute atomic E-state index is 12.9. The molecular weight excluding hydrogens is 196 g/mol. The molecule has 15 heavy (non-hydrogen) atoms. The SMILES string of the molecule is Cc1cc(F)ccc1-c1cc(F)ccn1. The zero-order chi connectivity index (χ0) is 10.8. The van der Waals surface area contributed by atoms with Crippen LogP contribution in [0.3, 0.4) is 0 Å². The Kier molecular flexibility index (Phi) is 2.46. The van der Waals surface area contributed by atoms with Gasteiger partial charge in [-0.15, -0.1) is 0 Å². The minimum absolute atomic E-state index is 0.298. The monoisotopic (exact) mass is 205 g/mol. The van der Waals surface area contributed by atoms with Crippen molar-refractivity contribution in [1.82, 2.24) is 4.98 Å². The van der Waals surface area contributed by atoms with Crippen molar-refractivity contribution in [2.75, 3.05) is 0 Å². The van der Waals surface area contributed by atoms with E-state index in [2.05, 4.69) is 4.98 Å². The van der Waals surface area contributed by atoms with Crippen molar-refractivity contribution in [3.63, 3.8) is 0 Å². The topological polar surface area (TPSA) is 12.9 Å². The average Bonchev–Trinajstić information content (AvgIpc) is 2.17. The summed E-state index contributed by atoms with van der Waals surface area (Å²) in [5, 5.41) is 0. The predicted octanol–water partition coefficient (Wildman–Crippen LogP) is 3.34. The van der Waals surface area contributed by atoms with Gasteiger partial charge in [-0.1, -0.05) is 0 Å². The van der Waals surface area contributed by atoms with E-state index in [1.54, 1.807) is 13.0 Å². The van der Waals surface area contributed by atoms with Crippen molar-refractivity contribution < 1.29 is 8.78 Å². The number of nitrogens with zero attached hydrogens (tertiary/aromatic N) is 1. The minimum atomic E-state index is -0.344. The summed E-state index contributed by atoms with van der Waals surface area (Å²) in [6.07, 6.45) is 1.40. The van der Waals surface area contributed by atoms with Crippen LogP contribution in [0, 0.1) is 18.6 Å². The van der Waals surface area contributed by atoms with Crippen molar-refractivity contribution in [1.29, 1.82) is 0 Å². The highest BCUT2D eigenvalue weighted by atomic mass is 19.1. The van der Waals surface area contributed by atoms with E-state index < -0.39 is 0 Å². The molecule has 0 aliphatic rings. The molecule has 2 rings (SSSR count). The molecule has 0 aliphatic heterocycles. The smallest absolute Gasteiger partial charge is 0.126 e. The van der Waals surface area contributed by atoms with E-state index in [1.165, 1.54) is 30.5 Å². The second-order valence-electron chi connectivity index (χ2n) is 3.32. The first-order valence-corrected chi connectivity index (χ1v) is 4.55. The van der Waals surface area contributed by atoms with Crippen LogP contribution in [0.4, 0.5) is 8.78 Å². The first-order chi connectivity index (χ1) is 7.16. The normalized spacial score (nSPS) is 10.3. The molecule has 0 bridgehead atoms. The Morgan fingerprint density at radius 2 is 1.73 bits per heavy atom. The first kappa shape index (κ1) is 9.77. The molecule has 0 radical (unpaired) electrons. The van der Waals surface area contributed by atoms with Crippen LogP contribution in [0.2, 0.25) is 0 Å². The fourth-order valence-corrected chi connectivity index (χ4v) is 1.47. The molecule has 0 atom stereocenters.